The predicted molar refractivity (Wildman–Crippen MR) is 95.9 cm³/mol. The van der Waals surface area contributed by atoms with E-state index < -0.39 is 0 Å². The minimum Gasteiger partial charge on any atom is -0.397 e. The van der Waals surface area contributed by atoms with Gasteiger partial charge in [0.2, 0.25) is 5.91 Å². The number of nitrogens with two attached hydrogens (primary N) is 1. The minimum atomic E-state index is -0.200. The number of hydrogen-bond acceptors (Lipinski definition) is 5. The molecule has 6 nitrogen and oxygen atoms in total. The first-order chi connectivity index (χ1) is 11.4. The summed E-state index contributed by atoms with van der Waals surface area (Å²) in [5.41, 5.74) is 7.42. The number of amides is 2. The van der Waals surface area contributed by atoms with Gasteiger partial charge in [-0.25, -0.2) is 4.98 Å². The maximum absolute atomic E-state index is 12.4. The van der Waals surface area contributed by atoms with E-state index in [0.717, 1.165) is 35.3 Å². The Morgan fingerprint density at radius 2 is 2.17 bits per heavy atom. The number of aromatic nitrogens is 1. The van der Waals surface area contributed by atoms with Gasteiger partial charge in [0.15, 0.2) is 0 Å². The summed E-state index contributed by atoms with van der Waals surface area (Å²) >= 11 is 1.29. The SMILES string of the molecule is CNC(=O)c1sc2nc([C@@H]3CCCN3C(=O)C(C)C)ccc2c1N. The van der Waals surface area contributed by atoms with Crippen molar-refractivity contribution < 1.29 is 9.59 Å². The second kappa shape index (κ2) is 6.39. The number of fused-ring (bicyclic) bond motifs is 1. The Balaban J connectivity index is 1.99. The zero-order chi connectivity index (χ0) is 17.4. The fourth-order valence-electron chi connectivity index (χ4n) is 3.15. The Morgan fingerprint density at radius 1 is 1.42 bits per heavy atom. The van der Waals surface area contributed by atoms with Gasteiger partial charge < -0.3 is 16.0 Å². The van der Waals surface area contributed by atoms with Gasteiger partial charge in [-0.3, -0.25) is 9.59 Å². The molecule has 0 aromatic carbocycles. The van der Waals surface area contributed by atoms with Crippen molar-refractivity contribution in [2.24, 2.45) is 5.92 Å². The highest BCUT2D eigenvalue weighted by molar-refractivity contribution is 7.21. The Bertz CT molecular complexity index is 799. The summed E-state index contributed by atoms with van der Waals surface area (Å²) in [6.07, 6.45) is 1.90. The van der Waals surface area contributed by atoms with Crippen molar-refractivity contribution in [1.82, 2.24) is 15.2 Å². The number of nitrogens with one attached hydrogen (secondary N) is 1. The molecule has 0 unspecified atom stereocenters. The topological polar surface area (TPSA) is 88.3 Å². The van der Waals surface area contributed by atoms with Crippen molar-refractivity contribution in [3.05, 3.63) is 22.7 Å². The molecule has 1 fully saturated rings. The van der Waals surface area contributed by atoms with Gasteiger partial charge in [-0.1, -0.05) is 13.8 Å². The van der Waals surface area contributed by atoms with Gasteiger partial charge in [-0.05, 0) is 25.0 Å². The standard InChI is InChI=1S/C17H22N4O2S/c1-9(2)17(23)21-8-4-5-12(21)11-7-6-10-13(18)14(15(22)19-3)24-16(10)20-11/h6-7,9,12H,4-5,8,18H2,1-3H3,(H,19,22)/t12-/m0/s1. The number of thiophene rings is 1. The number of carbonyl (C=O) groups excluding carboxylic acids is 2. The summed E-state index contributed by atoms with van der Waals surface area (Å²) in [7, 11) is 1.58. The summed E-state index contributed by atoms with van der Waals surface area (Å²) in [5.74, 6) is -0.0581. The number of nitrogens with zero attached hydrogens (tertiary/aromatic N) is 2. The first-order valence-electron chi connectivity index (χ1n) is 8.15. The van der Waals surface area contributed by atoms with Crippen LogP contribution in [0.3, 0.4) is 0 Å². The van der Waals surface area contributed by atoms with Gasteiger partial charge in [0, 0.05) is 24.9 Å². The smallest absolute Gasteiger partial charge is 0.263 e. The Kier molecular flexibility index (Phi) is 4.45. The van der Waals surface area contributed by atoms with Crippen molar-refractivity contribution in [3.8, 4) is 0 Å². The number of rotatable bonds is 3. The van der Waals surface area contributed by atoms with Gasteiger partial charge in [-0.2, -0.15) is 0 Å². The van der Waals surface area contributed by atoms with Crippen LogP contribution in [0, 0.1) is 5.92 Å². The van der Waals surface area contributed by atoms with Crippen LogP contribution in [0.1, 0.15) is 48.1 Å². The van der Waals surface area contributed by atoms with Crippen molar-refractivity contribution in [3.63, 3.8) is 0 Å². The Labute approximate surface area is 145 Å². The number of anilines is 1. The largest absolute Gasteiger partial charge is 0.397 e. The molecule has 0 aliphatic carbocycles. The molecule has 2 aromatic rings. The van der Waals surface area contributed by atoms with Gasteiger partial charge in [0.25, 0.3) is 5.91 Å². The molecule has 24 heavy (non-hydrogen) atoms. The molecular formula is C17H22N4O2S. The van der Waals surface area contributed by atoms with Gasteiger partial charge in [0.1, 0.15) is 9.71 Å². The van der Waals surface area contributed by atoms with Gasteiger partial charge in [-0.15, -0.1) is 11.3 Å². The van der Waals surface area contributed by atoms with Crippen LogP contribution < -0.4 is 11.1 Å². The molecule has 1 saturated heterocycles. The molecule has 3 N–H and O–H groups in total. The second-order valence-electron chi connectivity index (χ2n) is 6.36. The van der Waals surface area contributed by atoms with E-state index in [0.29, 0.717) is 10.6 Å². The van der Waals surface area contributed by atoms with E-state index in [1.165, 1.54) is 11.3 Å². The molecule has 3 heterocycles. The second-order valence-corrected chi connectivity index (χ2v) is 7.36. The molecule has 7 heteroatoms. The number of hydrogen-bond donors (Lipinski definition) is 2. The highest BCUT2D eigenvalue weighted by Crippen LogP contribution is 2.37. The first-order valence-corrected chi connectivity index (χ1v) is 8.97. The molecule has 2 aromatic heterocycles. The Morgan fingerprint density at radius 3 is 2.83 bits per heavy atom. The van der Waals surface area contributed by atoms with E-state index in [-0.39, 0.29) is 23.8 Å². The highest BCUT2D eigenvalue weighted by atomic mass is 32.1. The quantitative estimate of drug-likeness (QED) is 0.894. The Hall–Kier alpha value is -2.15. The molecule has 0 saturated carbocycles. The van der Waals surface area contributed by atoms with E-state index in [2.05, 4.69) is 5.32 Å². The third kappa shape index (κ3) is 2.73. The van der Waals surface area contributed by atoms with Gasteiger partial charge in [0.05, 0.1) is 17.4 Å². The monoisotopic (exact) mass is 346 g/mol. The molecule has 1 aliphatic rings. The number of pyridine rings is 1. The third-order valence-electron chi connectivity index (χ3n) is 4.42. The number of likely N-dealkylation sites (tertiary alicyclic amines) is 1. The lowest BCUT2D eigenvalue weighted by atomic mass is 10.1. The normalized spacial score (nSPS) is 17.7. The van der Waals surface area contributed by atoms with E-state index >= 15 is 0 Å². The van der Waals surface area contributed by atoms with Gasteiger partial charge >= 0.3 is 0 Å². The molecule has 0 radical (unpaired) electrons. The van der Waals surface area contributed by atoms with Crippen LogP contribution in [0.25, 0.3) is 10.2 Å². The van der Waals surface area contributed by atoms with Crippen molar-refractivity contribution in [2.75, 3.05) is 19.3 Å². The van der Waals surface area contributed by atoms with E-state index in [1.807, 2.05) is 30.9 Å². The number of nitrogen functional groups attached to an aromatic ring is 1. The highest BCUT2D eigenvalue weighted by Gasteiger charge is 2.32. The van der Waals surface area contributed by atoms with Crippen LogP contribution in [0.4, 0.5) is 5.69 Å². The van der Waals surface area contributed by atoms with Crippen LogP contribution in [-0.4, -0.2) is 35.3 Å². The third-order valence-corrected chi connectivity index (χ3v) is 5.53. The van der Waals surface area contributed by atoms with E-state index in [1.54, 1.807) is 7.05 Å². The summed E-state index contributed by atoms with van der Waals surface area (Å²) in [6.45, 7) is 4.62. The van der Waals surface area contributed by atoms with Crippen molar-refractivity contribution >= 4 is 39.1 Å². The van der Waals surface area contributed by atoms with Crippen LogP contribution in [0.15, 0.2) is 12.1 Å². The van der Waals surface area contributed by atoms with Crippen LogP contribution in [-0.2, 0) is 4.79 Å². The maximum Gasteiger partial charge on any atom is 0.263 e. The summed E-state index contributed by atoms with van der Waals surface area (Å²) in [4.78, 5) is 32.2. The molecule has 1 atom stereocenters. The molecule has 2 amide bonds. The molecule has 128 valence electrons. The zero-order valence-corrected chi connectivity index (χ0v) is 14.9. The summed E-state index contributed by atoms with van der Waals surface area (Å²) < 4.78 is 0. The van der Waals surface area contributed by atoms with Crippen LogP contribution in [0.5, 0.6) is 0 Å². The fraction of sp³-hybridized carbons (Fsp3) is 0.471. The lowest BCUT2D eigenvalue weighted by molar-refractivity contribution is -0.135. The molecule has 0 bridgehead atoms. The average molecular weight is 346 g/mol. The lowest BCUT2D eigenvalue weighted by Gasteiger charge is -2.26. The molecule has 0 spiro atoms. The summed E-state index contributed by atoms with van der Waals surface area (Å²) in [6, 6.07) is 3.85. The van der Waals surface area contributed by atoms with Crippen molar-refractivity contribution in [1.29, 1.82) is 0 Å². The summed E-state index contributed by atoms with van der Waals surface area (Å²) in [5, 5.41) is 3.39. The maximum atomic E-state index is 12.4. The predicted octanol–water partition coefficient (Wildman–Crippen LogP) is 2.56. The van der Waals surface area contributed by atoms with Crippen LogP contribution in [0.2, 0.25) is 0 Å². The van der Waals surface area contributed by atoms with Crippen molar-refractivity contribution in [2.45, 2.75) is 32.7 Å². The minimum absolute atomic E-state index is 0.0103. The average Bonchev–Trinajstić information content (AvgIpc) is 3.18. The zero-order valence-electron chi connectivity index (χ0n) is 14.1. The molecular weight excluding hydrogens is 324 g/mol. The van der Waals surface area contributed by atoms with Crippen LogP contribution >= 0.6 is 11.3 Å². The van der Waals surface area contributed by atoms with E-state index in [4.69, 9.17) is 10.7 Å². The fourth-order valence-corrected chi connectivity index (χ4v) is 4.20. The first kappa shape index (κ1) is 16.7. The van der Waals surface area contributed by atoms with E-state index in [9.17, 15) is 9.59 Å². The lowest BCUT2D eigenvalue weighted by Crippen LogP contribution is -2.34. The molecule has 3 rings (SSSR count). The molecule has 1 aliphatic heterocycles. The number of carbonyl (C=O) groups is 2.